The molecular weight excluding hydrogens is 423 g/mol. The van der Waals surface area contributed by atoms with Crippen LogP contribution in [0.2, 0.25) is 0 Å². The molecule has 1 N–H and O–H groups in total. The predicted molar refractivity (Wildman–Crippen MR) is 134 cm³/mol. The second-order valence-corrected chi connectivity index (χ2v) is 9.32. The number of rotatable bonds is 6. The number of aromatic nitrogens is 1. The third-order valence-electron chi connectivity index (χ3n) is 6.32. The molecule has 1 unspecified atom stereocenters. The van der Waals surface area contributed by atoms with E-state index < -0.39 is 6.80 Å². The van der Waals surface area contributed by atoms with Crippen molar-refractivity contribution in [1.82, 2.24) is 9.47 Å². The molecular formula is C25H31FN4OS. The van der Waals surface area contributed by atoms with E-state index in [2.05, 4.69) is 47.7 Å². The molecule has 3 aromatic rings. The number of alkyl halides is 1. The first kappa shape index (κ1) is 22.7. The zero-order valence-electron chi connectivity index (χ0n) is 19.2. The van der Waals surface area contributed by atoms with Crippen LogP contribution in [0, 0.1) is 6.92 Å². The fraction of sp³-hybridized carbons (Fsp3) is 0.400. The predicted octanol–water partition coefficient (Wildman–Crippen LogP) is 4.79. The van der Waals surface area contributed by atoms with E-state index in [4.69, 9.17) is 0 Å². The Labute approximate surface area is 193 Å². The zero-order valence-corrected chi connectivity index (χ0v) is 20.0. The lowest BCUT2D eigenvalue weighted by Crippen LogP contribution is -2.47. The van der Waals surface area contributed by atoms with Crippen LogP contribution in [0.5, 0.6) is 0 Å². The van der Waals surface area contributed by atoms with Crippen molar-refractivity contribution in [3.63, 3.8) is 0 Å². The zero-order chi connectivity index (χ0) is 22.8. The van der Waals surface area contributed by atoms with Gasteiger partial charge in [0, 0.05) is 55.2 Å². The van der Waals surface area contributed by atoms with Crippen molar-refractivity contribution in [2.24, 2.45) is 7.05 Å². The van der Waals surface area contributed by atoms with Crippen LogP contribution >= 0.6 is 11.8 Å². The molecule has 0 spiro atoms. The van der Waals surface area contributed by atoms with Crippen molar-refractivity contribution in [1.29, 1.82) is 0 Å². The standard InChI is InChI=1S/C25H31FN4OS/c1-17-13-19(18(2)27-22-7-5-6-8-23(22)32-4)20-15-24(28(3)25(31)21(20)14-17)30-11-9-29(16-26)10-12-30/h5-8,13-15,18,27H,9-12,16H2,1-4H3. The van der Waals surface area contributed by atoms with Crippen molar-refractivity contribution in [3.05, 3.63) is 63.9 Å². The minimum absolute atomic E-state index is 0.00656. The number of anilines is 2. The number of pyridine rings is 1. The number of nitrogens with one attached hydrogen (secondary N) is 1. The average Bonchev–Trinajstić information content (AvgIpc) is 2.81. The van der Waals surface area contributed by atoms with Crippen LogP contribution in [0.25, 0.3) is 10.8 Å². The molecule has 32 heavy (non-hydrogen) atoms. The fourth-order valence-electron chi connectivity index (χ4n) is 4.51. The van der Waals surface area contributed by atoms with E-state index in [9.17, 15) is 9.18 Å². The normalized spacial score (nSPS) is 15.8. The van der Waals surface area contributed by atoms with Crippen molar-refractivity contribution in [2.75, 3.05) is 49.5 Å². The van der Waals surface area contributed by atoms with Crippen LogP contribution in [-0.2, 0) is 7.05 Å². The molecule has 2 heterocycles. The molecule has 0 bridgehead atoms. The van der Waals surface area contributed by atoms with Crippen molar-refractivity contribution in [2.45, 2.75) is 24.8 Å². The van der Waals surface area contributed by atoms with Gasteiger partial charge in [-0.1, -0.05) is 18.2 Å². The Kier molecular flexibility index (Phi) is 6.76. The van der Waals surface area contributed by atoms with E-state index in [0.29, 0.717) is 26.2 Å². The van der Waals surface area contributed by atoms with E-state index in [-0.39, 0.29) is 11.6 Å². The van der Waals surface area contributed by atoms with Gasteiger partial charge in [-0.3, -0.25) is 14.3 Å². The Balaban J connectivity index is 1.77. The highest BCUT2D eigenvalue weighted by atomic mass is 32.2. The van der Waals surface area contributed by atoms with Gasteiger partial charge in [-0.05, 0) is 60.9 Å². The lowest BCUT2D eigenvalue weighted by Gasteiger charge is -2.35. The topological polar surface area (TPSA) is 40.5 Å². The number of benzene rings is 2. The molecule has 1 saturated heterocycles. The largest absolute Gasteiger partial charge is 0.378 e. The van der Waals surface area contributed by atoms with E-state index in [1.807, 2.05) is 32.2 Å². The summed E-state index contributed by atoms with van der Waals surface area (Å²) in [5.74, 6) is 0.892. The van der Waals surface area contributed by atoms with Crippen molar-refractivity contribution in [3.8, 4) is 0 Å². The smallest absolute Gasteiger partial charge is 0.259 e. The molecule has 7 heteroatoms. The van der Waals surface area contributed by atoms with Gasteiger partial charge in [-0.2, -0.15) is 0 Å². The van der Waals surface area contributed by atoms with E-state index in [0.717, 1.165) is 33.4 Å². The lowest BCUT2D eigenvalue weighted by molar-refractivity contribution is 0.175. The molecule has 1 fully saturated rings. The number of thioether (sulfide) groups is 1. The molecule has 0 aliphatic carbocycles. The van der Waals surface area contributed by atoms with Crippen LogP contribution in [0.3, 0.4) is 0 Å². The molecule has 4 rings (SSSR count). The summed E-state index contributed by atoms with van der Waals surface area (Å²) in [5.41, 5.74) is 3.28. The maximum atomic E-state index is 13.3. The van der Waals surface area contributed by atoms with Gasteiger partial charge in [0.1, 0.15) is 12.6 Å². The monoisotopic (exact) mass is 454 g/mol. The molecule has 0 radical (unpaired) electrons. The third kappa shape index (κ3) is 4.36. The van der Waals surface area contributed by atoms with Crippen LogP contribution in [-0.4, -0.2) is 48.7 Å². The Morgan fingerprint density at radius 1 is 1.09 bits per heavy atom. The van der Waals surface area contributed by atoms with Gasteiger partial charge in [0.2, 0.25) is 0 Å². The number of para-hydroxylation sites is 1. The number of nitrogens with zero attached hydrogens (tertiary/aromatic N) is 3. The highest BCUT2D eigenvalue weighted by Gasteiger charge is 2.21. The molecule has 1 aliphatic rings. The number of hydrogen-bond acceptors (Lipinski definition) is 5. The first-order valence-corrected chi connectivity index (χ1v) is 12.2. The summed E-state index contributed by atoms with van der Waals surface area (Å²) in [6.07, 6.45) is 2.08. The van der Waals surface area contributed by atoms with Gasteiger partial charge in [0.05, 0.1) is 0 Å². The summed E-state index contributed by atoms with van der Waals surface area (Å²) in [6.45, 7) is 6.49. The number of fused-ring (bicyclic) bond motifs is 1. The molecule has 0 saturated carbocycles. The molecule has 2 aromatic carbocycles. The molecule has 1 atom stereocenters. The molecule has 1 aromatic heterocycles. The highest BCUT2D eigenvalue weighted by molar-refractivity contribution is 7.98. The first-order valence-electron chi connectivity index (χ1n) is 11.0. The van der Waals surface area contributed by atoms with E-state index in [1.165, 1.54) is 4.90 Å². The van der Waals surface area contributed by atoms with Crippen LogP contribution in [0.4, 0.5) is 15.9 Å². The maximum absolute atomic E-state index is 13.3. The summed E-state index contributed by atoms with van der Waals surface area (Å²) >= 11 is 1.71. The lowest BCUT2D eigenvalue weighted by atomic mass is 9.97. The second-order valence-electron chi connectivity index (χ2n) is 8.47. The minimum Gasteiger partial charge on any atom is -0.378 e. The van der Waals surface area contributed by atoms with Gasteiger partial charge in [0.15, 0.2) is 0 Å². The first-order chi connectivity index (χ1) is 15.4. The maximum Gasteiger partial charge on any atom is 0.259 e. The number of halogens is 1. The minimum atomic E-state index is -0.422. The SMILES string of the molecule is CSc1ccccc1NC(C)c1cc(C)cc2c(=O)n(C)c(N3CCN(CF)CC3)cc12. The van der Waals surface area contributed by atoms with Crippen molar-refractivity contribution < 1.29 is 4.39 Å². The van der Waals surface area contributed by atoms with Crippen molar-refractivity contribution >= 4 is 34.0 Å². The van der Waals surface area contributed by atoms with Gasteiger partial charge in [0.25, 0.3) is 5.56 Å². The molecule has 170 valence electrons. The summed E-state index contributed by atoms with van der Waals surface area (Å²) in [5, 5.41) is 5.36. The molecule has 0 amide bonds. The summed E-state index contributed by atoms with van der Waals surface area (Å²) in [4.78, 5) is 18.5. The fourth-order valence-corrected chi connectivity index (χ4v) is 5.07. The Hall–Kier alpha value is -2.51. The van der Waals surface area contributed by atoms with E-state index >= 15 is 0 Å². The molecule has 1 aliphatic heterocycles. The van der Waals surface area contributed by atoms with Gasteiger partial charge in [-0.25, -0.2) is 4.39 Å². The molecule has 5 nitrogen and oxygen atoms in total. The quantitative estimate of drug-likeness (QED) is 0.428. The Morgan fingerprint density at radius 2 is 1.81 bits per heavy atom. The van der Waals surface area contributed by atoms with Gasteiger partial charge < -0.3 is 10.2 Å². The van der Waals surface area contributed by atoms with E-state index in [1.54, 1.807) is 21.2 Å². The van der Waals surface area contributed by atoms with Gasteiger partial charge in [-0.15, -0.1) is 11.8 Å². The number of aryl methyl sites for hydroxylation is 1. The van der Waals surface area contributed by atoms with Crippen LogP contribution in [0.1, 0.15) is 24.1 Å². The van der Waals surface area contributed by atoms with Crippen LogP contribution < -0.4 is 15.8 Å². The average molecular weight is 455 g/mol. The van der Waals surface area contributed by atoms with Crippen LogP contribution in [0.15, 0.2) is 52.2 Å². The Bertz CT molecular complexity index is 1170. The van der Waals surface area contributed by atoms with Gasteiger partial charge >= 0.3 is 0 Å². The highest BCUT2D eigenvalue weighted by Crippen LogP contribution is 2.32. The summed E-state index contributed by atoms with van der Waals surface area (Å²) in [6, 6.07) is 14.6. The number of hydrogen-bond donors (Lipinski definition) is 1. The summed E-state index contributed by atoms with van der Waals surface area (Å²) < 4.78 is 14.8. The number of piperazine rings is 1. The Morgan fingerprint density at radius 3 is 2.50 bits per heavy atom. The third-order valence-corrected chi connectivity index (χ3v) is 7.12. The second kappa shape index (κ2) is 9.55. The summed E-state index contributed by atoms with van der Waals surface area (Å²) in [7, 11) is 1.83.